The summed E-state index contributed by atoms with van der Waals surface area (Å²) in [5.74, 6) is 1.55. The molecule has 2 heterocycles. The van der Waals surface area contributed by atoms with Crippen LogP contribution < -0.4 is 14.4 Å². The molecular formula is C14H15ClNO3S+. The summed E-state index contributed by atoms with van der Waals surface area (Å²) in [5, 5.41) is 10.0. The van der Waals surface area contributed by atoms with E-state index in [1.54, 1.807) is 17.4 Å². The maximum atomic E-state index is 10.0. The van der Waals surface area contributed by atoms with Crippen molar-refractivity contribution in [3.63, 3.8) is 0 Å². The van der Waals surface area contributed by atoms with Crippen molar-refractivity contribution in [2.75, 3.05) is 13.8 Å². The summed E-state index contributed by atoms with van der Waals surface area (Å²) in [4.78, 5) is 2.49. The Balaban J connectivity index is 1.71. The second-order valence-electron chi connectivity index (χ2n) is 4.85. The Labute approximate surface area is 126 Å². The van der Waals surface area contributed by atoms with Gasteiger partial charge in [0.25, 0.3) is 0 Å². The van der Waals surface area contributed by atoms with E-state index in [0.717, 1.165) is 16.4 Å². The van der Waals surface area contributed by atoms with Gasteiger partial charge in [-0.05, 0) is 18.2 Å². The minimum Gasteiger partial charge on any atom is -0.507 e. The summed E-state index contributed by atoms with van der Waals surface area (Å²) in [6.07, 6.45) is 0. The van der Waals surface area contributed by atoms with Crippen LogP contribution in [0.15, 0.2) is 24.3 Å². The van der Waals surface area contributed by atoms with Gasteiger partial charge in [-0.3, -0.25) is 0 Å². The number of phenolic OH excluding ortho intramolecular Hbond substituents is 1. The summed E-state index contributed by atoms with van der Waals surface area (Å²) >= 11 is 7.52. The van der Waals surface area contributed by atoms with Crippen LogP contribution in [0.4, 0.5) is 0 Å². The van der Waals surface area contributed by atoms with E-state index in [2.05, 4.69) is 7.05 Å². The van der Waals surface area contributed by atoms with Crippen LogP contribution in [0.25, 0.3) is 0 Å². The number of ether oxygens (including phenoxy) is 2. The Morgan fingerprint density at radius 1 is 1.25 bits per heavy atom. The first-order chi connectivity index (χ1) is 9.61. The number of phenols is 1. The van der Waals surface area contributed by atoms with Crippen molar-refractivity contribution in [3.8, 4) is 17.2 Å². The normalized spacial score (nSPS) is 14.5. The summed E-state index contributed by atoms with van der Waals surface area (Å²) in [5.41, 5.74) is 0.856. The lowest BCUT2D eigenvalue weighted by atomic mass is 10.1. The molecule has 1 unspecified atom stereocenters. The lowest BCUT2D eigenvalue weighted by molar-refractivity contribution is -0.907. The number of quaternary nitrogens is 1. The second kappa shape index (κ2) is 5.52. The Morgan fingerprint density at radius 2 is 2.00 bits per heavy atom. The van der Waals surface area contributed by atoms with Crippen LogP contribution >= 0.6 is 22.9 Å². The molecule has 3 rings (SSSR count). The third-order valence-corrected chi connectivity index (χ3v) is 4.40. The molecule has 2 aromatic rings. The van der Waals surface area contributed by atoms with E-state index >= 15 is 0 Å². The Bertz CT molecular complexity index is 629. The van der Waals surface area contributed by atoms with Gasteiger partial charge >= 0.3 is 0 Å². The third-order valence-electron chi connectivity index (χ3n) is 3.17. The van der Waals surface area contributed by atoms with Crippen molar-refractivity contribution in [1.29, 1.82) is 0 Å². The molecule has 0 fully saturated rings. The van der Waals surface area contributed by atoms with Crippen LogP contribution in [-0.4, -0.2) is 18.9 Å². The number of fused-ring (bicyclic) bond motifs is 1. The van der Waals surface area contributed by atoms with Gasteiger partial charge in [-0.25, -0.2) is 0 Å². The molecule has 4 nitrogen and oxygen atoms in total. The van der Waals surface area contributed by atoms with Crippen LogP contribution in [-0.2, 0) is 13.1 Å². The predicted octanol–water partition coefficient (Wildman–Crippen LogP) is 2.05. The molecule has 0 bridgehead atoms. The van der Waals surface area contributed by atoms with E-state index in [1.165, 1.54) is 9.78 Å². The molecule has 1 aromatic carbocycles. The van der Waals surface area contributed by atoms with Crippen molar-refractivity contribution in [3.05, 3.63) is 39.0 Å². The fourth-order valence-corrected chi connectivity index (χ4v) is 3.45. The third kappa shape index (κ3) is 2.85. The number of hydrogen-bond acceptors (Lipinski definition) is 4. The summed E-state index contributed by atoms with van der Waals surface area (Å²) < 4.78 is 11.4. The lowest BCUT2D eigenvalue weighted by Crippen LogP contribution is -3.06. The van der Waals surface area contributed by atoms with Crippen molar-refractivity contribution >= 4 is 22.9 Å². The smallest absolute Gasteiger partial charge is 0.231 e. The van der Waals surface area contributed by atoms with Crippen LogP contribution in [0, 0.1) is 0 Å². The molecule has 6 heteroatoms. The Morgan fingerprint density at radius 3 is 2.70 bits per heavy atom. The van der Waals surface area contributed by atoms with E-state index < -0.39 is 0 Å². The van der Waals surface area contributed by atoms with Gasteiger partial charge in [0.15, 0.2) is 11.5 Å². The SMILES string of the molecule is C[NH+](Cc1ccc(Cl)s1)Cc1cc2c(cc1O)OCO2. The molecule has 1 atom stereocenters. The molecule has 2 N–H and O–H groups in total. The molecular weight excluding hydrogens is 298 g/mol. The van der Waals surface area contributed by atoms with Crippen LogP contribution in [0.1, 0.15) is 10.4 Å². The number of hydrogen-bond donors (Lipinski definition) is 2. The molecule has 1 aliphatic heterocycles. The highest BCUT2D eigenvalue weighted by molar-refractivity contribution is 7.16. The molecule has 20 heavy (non-hydrogen) atoms. The number of thiophene rings is 1. The van der Waals surface area contributed by atoms with Gasteiger partial charge in [-0.15, -0.1) is 11.3 Å². The standard InChI is InChI=1S/C14H14ClNO3S/c1-16(7-10-2-3-14(15)20-10)6-9-4-12-13(5-11(9)17)19-8-18-12/h2-5,17H,6-8H2,1H3/p+1. The first-order valence-corrected chi connectivity index (χ1v) is 7.48. The average Bonchev–Trinajstić information content (AvgIpc) is 2.98. The van der Waals surface area contributed by atoms with Crippen LogP contribution in [0.5, 0.6) is 17.2 Å². The molecule has 0 radical (unpaired) electrons. The van der Waals surface area contributed by atoms with Crippen molar-refractivity contribution < 1.29 is 19.5 Å². The number of benzene rings is 1. The van der Waals surface area contributed by atoms with Gasteiger partial charge < -0.3 is 19.5 Å². The van der Waals surface area contributed by atoms with E-state index in [1.807, 2.05) is 18.2 Å². The second-order valence-corrected chi connectivity index (χ2v) is 6.65. The van der Waals surface area contributed by atoms with Gasteiger partial charge in [-0.2, -0.15) is 0 Å². The Hall–Kier alpha value is -1.43. The van der Waals surface area contributed by atoms with Gasteiger partial charge in [0.1, 0.15) is 18.8 Å². The maximum Gasteiger partial charge on any atom is 0.231 e. The summed E-state index contributed by atoms with van der Waals surface area (Å²) in [6.45, 7) is 1.79. The van der Waals surface area contributed by atoms with Crippen molar-refractivity contribution in [1.82, 2.24) is 0 Å². The fourth-order valence-electron chi connectivity index (χ4n) is 2.25. The Kier molecular flexibility index (Phi) is 3.74. The number of halogens is 1. The molecule has 1 aliphatic rings. The average molecular weight is 313 g/mol. The lowest BCUT2D eigenvalue weighted by Gasteiger charge is -2.14. The highest BCUT2D eigenvalue weighted by Crippen LogP contribution is 2.37. The van der Waals surface area contributed by atoms with Crippen LogP contribution in [0.3, 0.4) is 0 Å². The molecule has 0 spiro atoms. The summed E-state index contributed by atoms with van der Waals surface area (Å²) in [6, 6.07) is 7.42. The topological polar surface area (TPSA) is 43.1 Å². The van der Waals surface area contributed by atoms with E-state index in [4.69, 9.17) is 21.1 Å². The highest BCUT2D eigenvalue weighted by atomic mass is 35.5. The van der Waals surface area contributed by atoms with Crippen molar-refractivity contribution in [2.24, 2.45) is 0 Å². The zero-order valence-corrected chi connectivity index (χ0v) is 12.6. The molecule has 0 saturated carbocycles. The first kappa shape index (κ1) is 13.5. The quantitative estimate of drug-likeness (QED) is 0.908. The molecule has 1 aromatic heterocycles. The zero-order chi connectivity index (χ0) is 14.1. The van der Waals surface area contributed by atoms with E-state index in [0.29, 0.717) is 18.0 Å². The number of aromatic hydroxyl groups is 1. The van der Waals surface area contributed by atoms with E-state index in [9.17, 15) is 5.11 Å². The monoisotopic (exact) mass is 312 g/mol. The molecule has 106 valence electrons. The molecule has 0 saturated heterocycles. The number of nitrogens with one attached hydrogen (secondary N) is 1. The largest absolute Gasteiger partial charge is 0.507 e. The van der Waals surface area contributed by atoms with Crippen LogP contribution in [0.2, 0.25) is 4.34 Å². The minimum atomic E-state index is 0.217. The highest BCUT2D eigenvalue weighted by Gasteiger charge is 2.19. The van der Waals surface area contributed by atoms with Gasteiger partial charge in [0, 0.05) is 6.07 Å². The zero-order valence-electron chi connectivity index (χ0n) is 11.0. The minimum absolute atomic E-state index is 0.217. The van der Waals surface area contributed by atoms with Gasteiger partial charge in [0.2, 0.25) is 6.79 Å². The van der Waals surface area contributed by atoms with Crippen molar-refractivity contribution in [2.45, 2.75) is 13.1 Å². The maximum absolute atomic E-state index is 10.0. The first-order valence-electron chi connectivity index (χ1n) is 6.29. The van der Waals surface area contributed by atoms with Gasteiger partial charge in [-0.1, -0.05) is 11.6 Å². The molecule has 0 amide bonds. The van der Waals surface area contributed by atoms with E-state index in [-0.39, 0.29) is 12.5 Å². The molecule has 0 aliphatic carbocycles. The van der Waals surface area contributed by atoms with Gasteiger partial charge in [0.05, 0.1) is 21.8 Å². The fraction of sp³-hybridized carbons (Fsp3) is 0.286. The predicted molar refractivity (Wildman–Crippen MR) is 77.9 cm³/mol. The summed E-state index contributed by atoms with van der Waals surface area (Å²) in [7, 11) is 2.08. The number of rotatable bonds is 4.